The van der Waals surface area contributed by atoms with E-state index in [4.69, 9.17) is 4.74 Å². The van der Waals surface area contributed by atoms with Crippen LogP contribution in [0.3, 0.4) is 0 Å². The van der Waals surface area contributed by atoms with Gasteiger partial charge in [-0.1, -0.05) is 13.3 Å². The van der Waals surface area contributed by atoms with Crippen LogP contribution in [0.1, 0.15) is 30.3 Å². The van der Waals surface area contributed by atoms with Crippen LogP contribution in [-0.2, 0) is 0 Å². The van der Waals surface area contributed by atoms with Gasteiger partial charge in [-0.25, -0.2) is 4.98 Å². The van der Waals surface area contributed by atoms with Crippen LogP contribution in [0.5, 0.6) is 5.75 Å². The van der Waals surface area contributed by atoms with Crippen molar-refractivity contribution in [1.29, 1.82) is 0 Å². The minimum Gasteiger partial charge on any atom is -0.492 e. The first-order valence-corrected chi connectivity index (χ1v) is 4.41. The Labute approximate surface area is 77.8 Å². The lowest BCUT2D eigenvalue weighted by molar-refractivity contribution is 0.111. The van der Waals surface area contributed by atoms with Crippen LogP contribution in [0.15, 0.2) is 18.3 Å². The molecular formula is C10H13NO2. The van der Waals surface area contributed by atoms with E-state index in [2.05, 4.69) is 11.9 Å². The third-order valence-corrected chi connectivity index (χ3v) is 1.65. The zero-order valence-electron chi connectivity index (χ0n) is 7.69. The highest BCUT2D eigenvalue weighted by Gasteiger charge is 1.94. The van der Waals surface area contributed by atoms with E-state index in [0.717, 1.165) is 24.9 Å². The summed E-state index contributed by atoms with van der Waals surface area (Å²) in [7, 11) is 0. The maximum atomic E-state index is 10.3. The van der Waals surface area contributed by atoms with Crippen LogP contribution < -0.4 is 4.74 Å². The van der Waals surface area contributed by atoms with Crippen molar-refractivity contribution >= 4 is 6.29 Å². The Morgan fingerprint density at radius 3 is 2.92 bits per heavy atom. The van der Waals surface area contributed by atoms with Gasteiger partial charge in [-0.2, -0.15) is 0 Å². The largest absolute Gasteiger partial charge is 0.492 e. The summed E-state index contributed by atoms with van der Waals surface area (Å²) >= 11 is 0. The summed E-state index contributed by atoms with van der Waals surface area (Å²) in [5.41, 5.74) is 0.433. The molecule has 0 aromatic carbocycles. The molecule has 3 nitrogen and oxygen atoms in total. The van der Waals surface area contributed by atoms with E-state index in [9.17, 15) is 4.79 Å². The molecule has 0 radical (unpaired) electrons. The van der Waals surface area contributed by atoms with Crippen molar-refractivity contribution in [3.8, 4) is 5.75 Å². The Hall–Kier alpha value is -1.38. The molecule has 70 valence electrons. The van der Waals surface area contributed by atoms with Gasteiger partial charge in [0.25, 0.3) is 0 Å². The molecule has 3 heteroatoms. The van der Waals surface area contributed by atoms with Crippen LogP contribution in [0, 0.1) is 0 Å². The van der Waals surface area contributed by atoms with Crippen molar-refractivity contribution in [2.45, 2.75) is 19.8 Å². The minimum atomic E-state index is 0.433. The van der Waals surface area contributed by atoms with Gasteiger partial charge in [0.2, 0.25) is 0 Å². The number of rotatable bonds is 5. The molecule has 1 aromatic heterocycles. The average Bonchev–Trinajstić information content (AvgIpc) is 2.19. The van der Waals surface area contributed by atoms with Crippen LogP contribution in [0.2, 0.25) is 0 Å². The Morgan fingerprint density at radius 2 is 2.38 bits per heavy atom. The van der Waals surface area contributed by atoms with E-state index in [-0.39, 0.29) is 0 Å². The van der Waals surface area contributed by atoms with E-state index in [1.165, 1.54) is 0 Å². The Balaban J connectivity index is 2.44. The highest BCUT2D eigenvalue weighted by atomic mass is 16.5. The van der Waals surface area contributed by atoms with Crippen LogP contribution in [0.4, 0.5) is 0 Å². The van der Waals surface area contributed by atoms with Crippen LogP contribution in [-0.4, -0.2) is 17.9 Å². The predicted molar refractivity (Wildman–Crippen MR) is 50.0 cm³/mol. The second-order valence-electron chi connectivity index (χ2n) is 2.74. The summed E-state index contributed by atoms with van der Waals surface area (Å²) in [4.78, 5) is 14.2. The molecule has 0 N–H and O–H groups in total. The highest BCUT2D eigenvalue weighted by molar-refractivity contribution is 5.71. The van der Waals surface area contributed by atoms with Crippen molar-refractivity contribution in [3.05, 3.63) is 24.0 Å². The SMILES string of the molecule is CCCCOc1ccc(C=O)nc1. The van der Waals surface area contributed by atoms with Crippen molar-refractivity contribution in [3.63, 3.8) is 0 Å². The number of aromatic nitrogens is 1. The molecule has 1 heterocycles. The first-order chi connectivity index (χ1) is 6.36. The number of carbonyl (C=O) groups excluding carboxylic acids is 1. The average molecular weight is 179 g/mol. The van der Waals surface area contributed by atoms with E-state index >= 15 is 0 Å². The second-order valence-corrected chi connectivity index (χ2v) is 2.74. The third-order valence-electron chi connectivity index (χ3n) is 1.65. The monoisotopic (exact) mass is 179 g/mol. The van der Waals surface area contributed by atoms with Crippen molar-refractivity contribution in [2.24, 2.45) is 0 Å². The lowest BCUT2D eigenvalue weighted by Crippen LogP contribution is -1.97. The fraction of sp³-hybridized carbons (Fsp3) is 0.400. The van der Waals surface area contributed by atoms with E-state index < -0.39 is 0 Å². The van der Waals surface area contributed by atoms with Crippen LogP contribution >= 0.6 is 0 Å². The third kappa shape index (κ3) is 3.23. The van der Waals surface area contributed by atoms with Crippen LogP contribution in [0.25, 0.3) is 0 Å². The lowest BCUT2D eigenvalue weighted by Gasteiger charge is -2.03. The van der Waals surface area contributed by atoms with Crippen molar-refractivity contribution in [1.82, 2.24) is 4.98 Å². The molecule has 0 fully saturated rings. The summed E-state index contributed by atoms with van der Waals surface area (Å²) < 4.78 is 5.37. The molecule has 0 saturated carbocycles. The number of unbranched alkanes of at least 4 members (excludes halogenated alkanes) is 1. The van der Waals surface area contributed by atoms with Gasteiger partial charge in [0.05, 0.1) is 12.8 Å². The molecule has 0 saturated heterocycles. The minimum absolute atomic E-state index is 0.433. The van der Waals surface area contributed by atoms with E-state index in [1.54, 1.807) is 18.3 Å². The molecule has 1 aromatic rings. The first kappa shape index (κ1) is 9.71. The molecule has 0 aliphatic heterocycles. The molecule has 13 heavy (non-hydrogen) atoms. The molecule has 0 spiro atoms. The number of aldehydes is 1. The summed E-state index contributed by atoms with van der Waals surface area (Å²) in [5.74, 6) is 0.721. The standard InChI is InChI=1S/C10H13NO2/c1-2-3-6-13-10-5-4-9(8-12)11-7-10/h4-5,7-8H,2-3,6H2,1H3. The van der Waals surface area contributed by atoms with Gasteiger partial charge in [-0.3, -0.25) is 4.79 Å². The number of carbonyl (C=O) groups is 1. The van der Waals surface area contributed by atoms with E-state index in [1.807, 2.05) is 0 Å². The fourth-order valence-corrected chi connectivity index (χ4v) is 0.881. The fourth-order valence-electron chi connectivity index (χ4n) is 0.881. The van der Waals surface area contributed by atoms with Gasteiger partial charge >= 0.3 is 0 Å². The zero-order chi connectivity index (χ0) is 9.52. The maximum Gasteiger partial charge on any atom is 0.168 e. The Morgan fingerprint density at radius 1 is 1.54 bits per heavy atom. The molecule has 0 bridgehead atoms. The predicted octanol–water partition coefficient (Wildman–Crippen LogP) is 2.07. The highest BCUT2D eigenvalue weighted by Crippen LogP contribution is 2.08. The number of ether oxygens (including phenoxy) is 1. The second kappa shape index (κ2) is 5.30. The summed E-state index contributed by atoms with van der Waals surface area (Å²) in [6.07, 6.45) is 4.44. The molecular weight excluding hydrogens is 166 g/mol. The van der Waals surface area contributed by atoms with Crippen molar-refractivity contribution < 1.29 is 9.53 Å². The van der Waals surface area contributed by atoms with Gasteiger partial charge in [-0.15, -0.1) is 0 Å². The molecule has 0 aliphatic carbocycles. The van der Waals surface area contributed by atoms with Gasteiger partial charge < -0.3 is 4.74 Å². The molecule has 0 atom stereocenters. The molecule has 0 unspecified atom stereocenters. The number of nitrogens with zero attached hydrogens (tertiary/aromatic N) is 1. The Bertz CT molecular complexity index is 256. The molecule has 0 aliphatic rings. The molecule has 0 amide bonds. The summed E-state index contributed by atoms with van der Waals surface area (Å²) in [6.45, 7) is 2.82. The number of hydrogen-bond acceptors (Lipinski definition) is 3. The first-order valence-electron chi connectivity index (χ1n) is 4.41. The number of pyridine rings is 1. The lowest BCUT2D eigenvalue weighted by atomic mass is 10.3. The topological polar surface area (TPSA) is 39.2 Å². The van der Waals surface area contributed by atoms with Gasteiger partial charge in [0, 0.05) is 0 Å². The summed E-state index contributed by atoms with van der Waals surface area (Å²) in [6, 6.07) is 3.40. The normalized spacial score (nSPS) is 9.62. The van der Waals surface area contributed by atoms with Gasteiger partial charge in [-0.05, 0) is 18.6 Å². The summed E-state index contributed by atoms with van der Waals surface area (Å²) in [5, 5.41) is 0. The number of hydrogen-bond donors (Lipinski definition) is 0. The van der Waals surface area contributed by atoms with E-state index in [0.29, 0.717) is 12.3 Å². The molecule has 1 rings (SSSR count). The maximum absolute atomic E-state index is 10.3. The van der Waals surface area contributed by atoms with Gasteiger partial charge in [0.1, 0.15) is 11.4 Å². The quantitative estimate of drug-likeness (QED) is 0.513. The Kier molecular flexibility index (Phi) is 3.96. The zero-order valence-corrected chi connectivity index (χ0v) is 7.69. The smallest absolute Gasteiger partial charge is 0.168 e. The van der Waals surface area contributed by atoms with Crippen molar-refractivity contribution in [2.75, 3.05) is 6.61 Å². The van der Waals surface area contributed by atoms with Gasteiger partial charge in [0.15, 0.2) is 6.29 Å².